The first-order valence-electron chi connectivity index (χ1n) is 8.47. The Kier molecular flexibility index (Phi) is 4.40. The van der Waals surface area contributed by atoms with Crippen molar-refractivity contribution < 1.29 is 14.0 Å². The number of para-hydroxylation sites is 1. The Bertz CT molecular complexity index is 1180. The fourth-order valence-corrected chi connectivity index (χ4v) is 3.02. The molecule has 2 aromatic carbocycles. The minimum absolute atomic E-state index is 0.0592. The third-order valence-electron chi connectivity index (χ3n) is 4.34. The number of Topliss-reactive ketones (excluding diaryl/α,β-unsaturated/α-hetero) is 1. The zero-order valence-electron chi connectivity index (χ0n) is 14.8. The lowest BCUT2D eigenvalue weighted by molar-refractivity contribution is -0.117. The number of aromatic amines is 1. The van der Waals surface area contributed by atoms with E-state index in [1.165, 1.54) is 28.9 Å². The summed E-state index contributed by atoms with van der Waals surface area (Å²) < 4.78 is 14.5. The molecule has 0 unspecified atom stereocenters. The Morgan fingerprint density at radius 2 is 1.89 bits per heavy atom. The number of nitrogens with zero attached hydrogens (tertiary/aromatic N) is 4. The highest BCUT2D eigenvalue weighted by molar-refractivity contribution is 6.45. The molecular formula is C19H15FN6O2. The van der Waals surface area contributed by atoms with Crippen molar-refractivity contribution in [3.05, 3.63) is 71.4 Å². The lowest BCUT2D eigenvalue weighted by Crippen LogP contribution is -2.31. The fourth-order valence-electron chi connectivity index (χ4n) is 3.02. The maximum atomic E-state index is 13.1. The number of carbonyl (C=O) groups excluding carboxylic acids is 2. The van der Waals surface area contributed by atoms with E-state index in [1.807, 2.05) is 12.1 Å². The van der Waals surface area contributed by atoms with Crippen LogP contribution in [0.4, 0.5) is 4.39 Å². The predicted octanol–water partition coefficient (Wildman–Crippen LogP) is 2.09. The molecule has 0 atom stereocenters. The summed E-state index contributed by atoms with van der Waals surface area (Å²) in [5.74, 6) is -1.48. The van der Waals surface area contributed by atoms with Gasteiger partial charge in [0, 0.05) is 16.6 Å². The van der Waals surface area contributed by atoms with Crippen LogP contribution >= 0.6 is 0 Å². The van der Waals surface area contributed by atoms with Crippen molar-refractivity contribution in [1.29, 1.82) is 0 Å². The molecule has 0 aliphatic rings. The number of nitrogens with one attached hydrogen (secondary N) is 2. The van der Waals surface area contributed by atoms with E-state index in [2.05, 4.69) is 25.8 Å². The number of fused-ring (bicyclic) bond motifs is 1. The van der Waals surface area contributed by atoms with Gasteiger partial charge in [-0.3, -0.25) is 9.59 Å². The van der Waals surface area contributed by atoms with Crippen LogP contribution in [-0.2, 0) is 11.3 Å². The summed E-state index contributed by atoms with van der Waals surface area (Å²) in [7, 11) is 0. The molecule has 0 radical (unpaired) electrons. The maximum Gasteiger partial charge on any atom is 0.292 e. The van der Waals surface area contributed by atoms with Gasteiger partial charge in [0.05, 0.1) is 17.8 Å². The molecule has 140 valence electrons. The molecular weight excluding hydrogens is 363 g/mol. The fraction of sp³-hybridized carbons (Fsp3) is 0.105. The summed E-state index contributed by atoms with van der Waals surface area (Å²) in [4.78, 5) is 28.2. The third-order valence-corrected chi connectivity index (χ3v) is 4.34. The van der Waals surface area contributed by atoms with Gasteiger partial charge >= 0.3 is 0 Å². The first kappa shape index (κ1) is 17.5. The Morgan fingerprint density at radius 1 is 1.14 bits per heavy atom. The SMILES string of the molecule is Cc1[nH]c2ccccc2c1C(=O)C(=O)NCc1nnnn1-c1ccc(F)cc1. The van der Waals surface area contributed by atoms with Gasteiger partial charge in [-0.15, -0.1) is 5.10 Å². The Balaban J connectivity index is 1.52. The Hall–Kier alpha value is -3.88. The molecule has 1 amide bonds. The van der Waals surface area contributed by atoms with Gasteiger partial charge in [0.25, 0.3) is 11.7 Å². The zero-order valence-corrected chi connectivity index (χ0v) is 14.8. The molecule has 0 spiro atoms. The van der Waals surface area contributed by atoms with Crippen LogP contribution in [0, 0.1) is 12.7 Å². The van der Waals surface area contributed by atoms with Gasteiger partial charge < -0.3 is 10.3 Å². The highest BCUT2D eigenvalue weighted by atomic mass is 19.1. The largest absolute Gasteiger partial charge is 0.358 e. The number of amides is 1. The van der Waals surface area contributed by atoms with Crippen molar-refractivity contribution in [2.24, 2.45) is 0 Å². The molecule has 2 aromatic heterocycles. The van der Waals surface area contributed by atoms with Crippen LogP contribution in [-0.4, -0.2) is 36.9 Å². The number of tetrazole rings is 1. The maximum absolute atomic E-state index is 13.1. The standard InChI is InChI=1S/C19H15FN6O2/c1-11-17(14-4-2-3-5-15(14)22-11)18(27)19(28)21-10-16-23-24-25-26(16)13-8-6-12(20)7-9-13/h2-9,22H,10H2,1H3,(H,21,28). The smallest absolute Gasteiger partial charge is 0.292 e. The van der Waals surface area contributed by atoms with Crippen LogP contribution in [0.5, 0.6) is 0 Å². The van der Waals surface area contributed by atoms with Gasteiger partial charge in [-0.25, -0.2) is 4.39 Å². The number of aryl methyl sites for hydroxylation is 1. The number of benzene rings is 2. The van der Waals surface area contributed by atoms with Crippen LogP contribution in [0.2, 0.25) is 0 Å². The van der Waals surface area contributed by atoms with Crippen molar-refractivity contribution in [2.45, 2.75) is 13.5 Å². The van der Waals surface area contributed by atoms with E-state index in [1.54, 1.807) is 19.1 Å². The van der Waals surface area contributed by atoms with Crippen molar-refractivity contribution in [3.8, 4) is 5.69 Å². The number of ketones is 1. The van der Waals surface area contributed by atoms with Crippen LogP contribution in [0.25, 0.3) is 16.6 Å². The Morgan fingerprint density at radius 3 is 2.68 bits per heavy atom. The lowest BCUT2D eigenvalue weighted by atomic mass is 10.1. The molecule has 4 aromatic rings. The van der Waals surface area contributed by atoms with Crippen molar-refractivity contribution >= 4 is 22.6 Å². The lowest BCUT2D eigenvalue weighted by Gasteiger charge is -2.06. The van der Waals surface area contributed by atoms with Crippen LogP contribution in [0.15, 0.2) is 48.5 Å². The van der Waals surface area contributed by atoms with E-state index in [9.17, 15) is 14.0 Å². The Labute approximate surface area is 158 Å². The van der Waals surface area contributed by atoms with E-state index in [0.29, 0.717) is 28.2 Å². The van der Waals surface area contributed by atoms with E-state index < -0.39 is 11.7 Å². The summed E-state index contributed by atoms with van der Waals surface area (Å²) in [6.07, 6.45) is 0. The topological polar surface area (TPSA) is 106 Å². The number of halogens is 1. The molecule has 0 fully saturated rings. The number of carbonyl (C=O) groups is 2. The molecule has 9 heteroatoms. The van der Waals surface area contributed by atoms with Crippen molar-refractivity contribution in [1.82, 2.24) is 30.5 Å². The predicted molar refractivity (Wildman–Crippen MR) is 98.3 cm³/mol. The summed E-state index contributed by atoms with van der Waals surface area (Å²) >= 11 is 0. The molecule has 8 nitrogen and oxygen atoms in total. The molecule has 0 bridgehead atoms. The van der Waals surface area contributed by atoms with Gasteiger partial charge in [0.2, 0.25) is 0 Å². The van der Waals surface area contributed by atoms with Gasteiger partial charge in [0.1, 0.15) is 5.82 Å². The second-order valence-electron chi connectivity index (χ2n) is 6.17. The highest BCUT2D eigenvalue weighted by Gasteiger charge is 2.23. The average molecular weight is 378 g/mol. The van der Waals surface area contributed by atoms with E-state index in [0.717, 1.165) is 5.52 Å². The monoisotopic (exact) mass is 378 g/mol. The zero-order chi connectivity index (χ0) is 19.7. The number of H-pyrrole nitrogens is 1. The number of hydrogen-bond acceptors (Lipinski definition) is 5. The molecule has 4 rings (SSSR count). The van der Waals surface area contributed by atoms with Crippen LogP contribution in [0.3, 0.4) is 0 Å². The van der Waals surface area contributed by atoms with Crippen LogP contribution in [0.1, 0.15) is 21.9 Å². The van der Waals surface area contributed by atoms with Crippen molar-refractivity contribution in [3.63, 3.8) is 0 Å². The van der Waals surface area contributed by atoms with Gasteiger partial charge in [-0.05, 0) is 47.7 Å². The molecule has 2 N–H and O–H groups in total. The van der Waals surface area contributed by atoms with E-state index >= 15 is 0 Å². The summed E-state index contributed by atoms with van der Waals surface area (Å²) in [6, 6.07) is 12.9. The molecule has 0 saturated heterocycles. The normalized spacial score (nSPS) is 10.9. The first-order chi connectivity index (χ1) is 13.5. The quantitative estimate of drug-likeness (QED) is 0.409. The number of hydrogen-bond donors (Lipinski definition) is 2. The average Bonchev–Trinajstić information content (AvgIpc) is 3.29. The molecule has 0 aliphatic carbocycles. The minimum atomic E-state index is -0.762. The van der Waals surface area contributed by atoms with Gasteiger partial charge in [0.15, 0.2) is 5.82 Å². The highest BCUT2D eigenvalue weighted by Crippen LogP contribution is 2.22. The first-order valence-corrected chi connectivity index (χ1v) is 8.47. The summed E-state index contributed by atoms with van der Waals surface area (Å²) in [6.45, 7) is 1.69. The molecule has 0 aliphatic heterocycles. The molecule has 28 heavy (non-hydrogen) atoms. The van der Waals surface area contributed by atoms with Gasteiger partial charge in [-0.1, -0.05) is 18.2 Å². The third kappa shape index (κ3) is 3.13. The minimum Gasteiger partial charge on any atom is -0.358 e. The van der Waals surface area contributed by atoms with Crippen molar-refractivity contribution in [2.75, 3.05) is 0 Å². The second-order valence-corrected chi connectivity index (χ2v) is 6.17. The molecule has 2 heterocycles. The number of rotatable bonds is 5. The van der Waals surface area contributed by atoms with E-state index in [4.69, 9.17) is 0 Å². The summed E-state index contributed by atoms with van der Waals surface area (Å²) in [5, 5.41) is 14.5. The number of aromatic nitrogens is 5. The van der Waals surface area contributed by atoms with Gasteiger partial charge in [-0.2, -0.15) is 4.68 Å². The second kappa shape index (κ2) is 7.03. The molecule has 0 saturated carbocycles. The summed E-state index contributed by atoms with van der Waals surface area (Å²) in [5.41, 5.74) is 2.29. The van der Waals surface area contributed by atoms with Crippen LogP contribution < -0.4 is 5.32 Å². The van der Waals surface area contributed by atoms with E-state index in [-0.39, 0.29) is 12.4 Å².